The van der Waals surface area contributed by atoms with Crippen LogP contribution < -0.4 is 4.74 Å². The third-order valence-corrected chi connectivity index (χ3v) is 4.95. The predicted octanol–water partition coefficient (Wildman–Crippen LogP) is 3.90. The molecule has 2 aromatic rings. The number of likely N-dealkylation sites (tertiary alicyclic amines) is 1. The van der Waals surface area contributed by atoms with Crippen LogP contribution in [0.2, 0.25) is 0 Å². The molecule has 4 rings (SSSR count). The zero-order valence-electron chi connectivity index (χ0n) is 13.1. The van der Waals surface area contributed by atoms with Crippen LogP contribution in [0.5, 0.6) is 5.75 Å². The van der Waals surface area contributed by atoms with E-state index in [0.29, 0.717) is 13.0 Å². The van der Waals surface area contributed by atoms with Crippen LogP contribution in [-0.2, 0) is 4.79 Å². The van der Waals surface area contributed by atoms with Crippen molar-refractivity contribution in [3.8, 4) is 5.75 Å². The predicted molar refractivity (Wildman–Crippen MR) is 86.3 cm³/mol. The quantitative estimate of drug-likeness (QED) is 0.863. The van der Waals surface area contributed by atoms with Gasteiger partial charge in [-0.25, -0.2) is 0 Å². The van der Waals surface area contributed by atoms with Crippen LogP contribution in [0.4, 0.5) is 0 Å². The van der Waals surface area contributed by atoms with Crippen molar-refractivity contribution >= 4 is 5.91 Å². The molecule has 2 aliphatic heterocycles. The van der Waals surface area contributed by atoms with Gasteiger partial charge in [-0.15, -0.1) is 0 Å². The number of nitrogens with zero attached hydrogens (tertiary/aromatic N) is 1. The molecule has 0 saturated carbocycles. The van der Waals surface area contributed by atoms with Crippen molar-refractivity contribution in [1.29, 1.82) is 0 Å². The Bertz CT molecular complexity index is 680. The third-order valence-electron chi connectivity index (χ3n) is 4.95. The maximum atomic E-state index is 12.9. The maximum Gasteiger partial charge on any atom is 0.223 e. The largest absolute Gasteiger partial charge is 0.493 e. The van der Waals surface area contributed by atoms with Gasteiger partial charge in [0.05, 0.1) is 18.9 Å². The van der Waals surface area contributed by atoms with Gasteiger partial charge in [-0.1, -0.05) is 18.2 Å². The zero-order valence-corrected chi connectivity index (χ0v) is 13.1. The number of furan rings is 1. The topological polar surface area (TPSA) is 42.7 Å². The minimum atomic E-state index is 0.104. The van der Waals surface area contributed by atoms with E-state index in [1.54, 1.807) is 6.26 Å². The molecule has 1 fully saturated rings. The molecule has 1 aromatic heterocycles. The normalized spacial score (nSPS) is 23.4. The van der Waals surface area contributed by atoms with Gasteiger partial charge in [0.15, 0.2) is 0 Å². The number of carbonyl (C=O) groups excluding carboxylic acids is 1. The summed E-state index contributed by atoms with van der Waals surface area (Å²) in [5, 5.41) is 0. The molecular weight excluding hydrogens is 290 g/mol. The molecule has 0 unspecified atom stereocenters. The molecule has 4 heteroatoms. The summed E-state index contributed by atoms with van der Waals surface area (Å²) in [5.41, 5.74) is 1.17. The van der Waals surface area contributed by atoms with Gasteiger partial charge in [-0.05, 0) is 48.9 Å². The van der Waals surface area contributed by atoms with Crippen LogP contribution in [0.25, 0.3) is 0 Å². The highest BCUT2D eigenvalue weighted by atomic mass is 16.5. The highest BCUT2D eigenvalue weighted by Gasteiger charge is 2.33. The average molecular weight is 311 g/mol. The Morgan fingerprint density at radius 1 is 1.17 bits per heavy atom. The van der Waals surface area contributed by atoms with Gasteiger partial charge in [0.25, 0.3) is 0 Å². The van der Waals surface area contributed by atoms with Crippen LogP contribution in [0.1, 0.15) is 49.0 Å². The van der Waals surface area contributed by atoms with E-state index in [2.05, 4.69) is 6.07 Å². The highest BCUT2D eigenvalue weighted by molar-refractivity contribution is 5.78. The van der Waals surface area contributed by atoms with Crippen LogP contribution in [0.15, 0.2) is 47.1 Å². The summed E-state index contributed by atoms with van der Waals surface area (Å²) in [5.74, 6) is 2.32. The molecule has 0 radical (unpaired) electrons. The number of amides is 1. The van der Waals surface area contributed by atoms with E-state index in [-0.39, 0.29) is 17.9 Å². The van der Waals surface area contributed by atoms with E-state index in [1.807, 2.05) is 35.2 Å². The molecule has 1 saturated heterocycles. The number of fused-ring (bicyclic) bond motifs is 1. The molecule has 1 aromatic carbocycles. The van der Waals surface area contributed by atoms with E-state index in [0.717, 1.165) is 37.3 Å². The molecule has 4 nitrogen and oxygen atoms in total. The number of hydrogen-bond acceptors (Lipinski definition) is 3. The Morgan fingerprint density at radius 2 is 2.09 bits per heavy atom. The summed E-state index contributed by atoms with van der Waals surface area (Å²) >= 11 is 0. The smallest absolute Gasteiger partial charge is 0.223 e. The standard InChI is InChI=1S/C19H21NO3/c21-19(20-10-3-6-16(20)18-8-4-11-22-18)13-14-9-12-23-17-7-2-1-5-15(14)17/h1-2,4-5,7-8,11,14,16H,3,6,9-10,12-13H2/t14-,16+/m0/s1. The van der Waals surface area contributed by atoms with E-state index in [9.17, 15) is 4.79 Å². The summed E-state index contributed by atoms with van der Waals surface area (Å²) in [6.07, 6.45) is 5.18. The second-order valence-corrected chi connectivity index (χ2v) is 6.34. The molecule has 1 amide bonds. The van der Waals surface area contributed by atoms with Crippen molar-refractivity contribution in [2.24, 2.45) is 0 Å². The summed E-state index contributed by atoms with van der Waals surface area (Å²) in [6.45, 7) is 1.52. The second-order valence-electron chi connectivity index (χ2n) is 6.34. The van der Waals surface area contributed by atoms with Gasteiger partial charge in [-0.2, -0.15) is 0 Å². The van der Waals surface area contributed by atoms with Crippen LogP contribution >= 0.6 is 0 Å². The van der Waals surface area contributed by atoms with Gasteiger partial charge in [0, 0.05) is 13.0 Å². The Morgan fingerprint density at radius 3 is 2.96 bits per heavy atom. The lowest BCUT2D eigenvalue weighted by Gasteiger charge is -2.29. The van der Waals surface area contributed by atoms with Crippen LogP contribution in [0, 0.1) is 0 Å². The summed E-state index contributed by atoms with van der Waals surface area (Å²) in [7, 11) is 0. The number of ether oxygens (including phenoxy) is 1. The van der Waals surface area contributed by atoms with Crippen molar-refractivity contribution in [2.45, 2.75) is 37.6 Å². The van der Waals surface area contributed by atoms with Gasteiger partial charge in [-0.3, -0.25) is 4.79 Å². The third kappa shape index (κ3) is 2.74. The molecule has 2 atom stereocenters. The van der Waals surface area contributed by atoms with Gasteiger partial charge in [0.2, 0.25) is 5.91 Å². The van der Waals surface area contributed by atoms with Crippen LogP contribution in [0.3, 0.4) is 0 Å². The minimum Gasteiger partial charge on any atom is -0.493 e. The summed E-state index contributed by atoms with van der Waals surface area (Å²) in [6, 6.07) is 12.1. The molecule has 0 aliphatic carbocycles. The van der Waals surface area contributed by atoms with Gasteiger partial charge in [0.1, 0.15) is 11.5 Å². The fourth-order valence-corrected chi connectivity index (χ4v) is 3.80. The molecule has 2 aliphatic rings. The van der Waals surface area contributed by atoms with E-state index < -0.39 is 0 Å². The lowest BCUT2D eigenvalue weighted by molar-refractivity contribution is -0.133. The van der Waals surface area contributed by atoms with Gasteiger partial charge >= 0.3 is 0 Å². The molecular formula is C19H21NO3. The molecule has 0 N–H and O–H groups in total. The summed E-state index contributed by atoms with van der Waals surface area (Å²) < 4.78 is 11.2. The number of benzene rings is 1. The molecule has 120 valence electrons. The van der Waals surface area contributed by atoms with E-state index in [1.165, 1.54) is 5.56 Å². The lowest BCUT2D eigenvalue weighted by atomic mass is 9.89. The van der Waals surface area contributed by atoms with E-state index >= 15 is 0 Å². The Balaban J connectivity index is 1.50. The van der Waals surface area contributed by atoms with Gasteiger partial charge < -0.3 is 14.1 Å². The first-order valence-electron chi connectivity index (χ1n) is 8.37. The zero-order chi connectivity index (χ0) is 15.6. The number of carbonyl (C=O) groups is 1. The Kier molecular flexibility index (Phi) is 3.82. The first kappa shape index (κ1) is 14.4. The molecule has 0 spiro atoms. The molecule has 0 bridgehead atoms. The monoisotopic (exact) mass is 311 g/mol. The summed E-state index contributed by atoms with van der Waals surface area (Å²) in [4.78, 5) is 14.9. The number of rotatable bonds is 3. The first-order chi connectivity index (χ1) is 11.3. The van der Waals surface area contributed by atoms with E-state index in [4.69, 9.17) is 9.15 Å². The Labute approximate surface area is 136 Å². The van der Waals surface area contributed by atoms with Crippen molar-refractivity contribution in [1.82, 2.24) is 4.90 Å². The highest BCUT2D eigenvalue weighted by Crippen LogP contribution is 2.38. The second kappa shape index (κ2) is 6.11. The number of hydrogen-bond donors (Lipinski definition) is 0. The van der Waals surface area contributed by atoms with Crippen molar-refractivity contribution in [2.75, 3.05) is 13.2 Å². The van der Waals surface area contributed by atoms with Crippen molar-refractivity contribution in [3.05, 3.63) is 54.0 Å². The lowest BCUT2D eigenvalue weighted by Crippen LogP contribution is -2.32. The molecule has 3 heterocycles. The average Bonchev–Trinajstić information content (AvgIpc) is 3.26. The van der Waals surface area contributed by atoms with Crippen molar-refractivity contribution < 1.29 is 13.9 Å². The fraction of sp³-hybridized carbons (Fsp3) is 0.421. The van der Waals surface area contributed by atoms with Crippen molar-refractivity contribution in [3.63, 3.8) is 0 Å². The number of para-hydroxylation sites is 1. The fourth-order valence-electron chi connectivity index (χ4n) is 3.80. The first-order valence-corrected chi connectivity index (χ1v) is 8.37. The molecule has 23 heavy (non-hydrogen) atoms. The minimum absolute atomic E-state index is 0.104. The van der Waals surface area contributed by atoms with Crippen LogP contribution in [-0.4, -0.2) is 24.0 Å². The SMILES string of the molecule is O=C(C[C@@H]1CCOc2ccccc21)N1CCC[C@@H]1c1ccco1. The maximum absolute atomic E-state index is 12.9. The Hall–Kier alpha value is -2.23.